The van der Waals surface area contributed by atoms with Crippen molar-refractivity contribution in [3.05, 3.63) is 114 Å². The van der Waals surface area contributed by atoms with Crippen LogP contribution in [0.1, 0.15) is 31.5 Å². The Kier molecular flexibility index (Phi) is 7.28. The van der Waals surface area contributed by atoms with Crippen molar-refractivity contribution in [3.63, 3.8) is 0 Å². The molecule has 1 atom stereocenters. The smallest absolute Gasteiger partial charge is 0.336 e. The molecule has 8 nitrogen and oxygen atoms in total. The second-order valence-corrected chi connectivity index (χ2v) is 9.47. The highest BCUT2D eigenvalue weighted by Crippen LogP contribution is 2.38. The monoisotopic (exact) mass is 526 g/mol. The molecule has 38 heavy (non-hydrogen) atoms. The average Bonchev–Trinajstić information content (AvgIpc) is 3.41. The summed E-state index contributed by atoms with van der Waals surface area (Å²) in [6, 6.07) is 27.7. The predicted molar refractivity (Wildman–Crippen MR) is 144 cm³/mol. The molecule has 0 saturated heterocycles. The van der Waals surface area contributed by atoms with Crippen LogP contribution >= 0.6 is 11.8 Å². The summed E-state index contributed by atoms with van der Waals surface area (Å²) in [6.45, 7) is 0.151. The molecule has 0 radical (unpaired) electrons. The quantitative estimate of drug-likeness (QED) is 0.247. The minimum absolute atomic E-state index is 0.0720. The Labute approximate surface area is 222 Å². The van der Waals surface area contributed by atoms with Gasteiger partial charge in [-0.3, -0.25) is 9.59 Å². The molecule has 0 spiro atoms. The summed E-state index contributed by atoms with van der Waals surface area (Å²) in [7, 11) is 0. The van der Waals surface area contributed by atoms with Crippen LogP contribution in [0.3, 0.4) is 0 Å². The molecule has 0 bridgehead atoms. The maximum absolute atomic E-state index is 13.4. The lowest BCUT2D eigenvalue weighted by molar-refractivity contribution is -0.115. The average molecular weight is 527 g/mol. The van der Waals surface area contributed by atoms with Gasteiger partial charge in [-0.15, -0.1) is 11.8 Å². The number of fused-ring (bicyclic) bond motifs is 1. The van der Waals surface area contributed by atoms with Crippen molar-refractivity contribution >= 4 is 40.9 Å². The Morgan fingerprint density at radius 2 is 1.39 bits per heavy atom. The molecule has 4 aromatic rings. The van der Waals surface area contributed by atoms with E-state index in [-0.39, 0.29) is 23.8 Å². The summed E-state index contributed by atoms with van der Waals surface area (Å²) in [5.41, 5.74) is 1.93. The van der Waals surface area contributed by atoms with E-state index in [1.54, 1.807) is 54.6 Å². The van der Waals surface area contributed by atoms with Crippen molar-refractivity contribution in [2.45, 2.75) is 10.1 Å². The number of hydrogen-bond acceptors (Lipinski definition) is 6. The minimum Gasteiger partial charge on any atom is -0.478 e. The van der Waals surface area contributed by atoms with Gasteiger partial charge in [-0.2, -0.15) is 0 Å². The Hall–Kier alpha value is -4.76. The number of rotatable bonds is 8. The number of benzene rings is 4. The summed E-state index contributed by atoms with van der Waals surface area (Å²) < 4.78 is 10.7. The van der Waals surface area contributed by atoms with E-state index in [1.165, 1.54) is 23.9 Å². The second kappa shape index (κ2) is 11.1. The number of ether oxygens (including phenoxy) is 2. The van der Waals surface area contributed by atoms with Gasteiger partial charge in [-0.25, -0.2) is 4.79 Å². The number of anilines is 2. The zero-order valence-electron chi connectivity index (χ0n) is 19.9. The lowest BCUT2D eigenvalue weighted by Gasteiger charge is -2.17. The highest BCUT2D eigenvalue weighted by molar-refractivity contribution is 8.00. The van der Waals surface area contributed by atoms with Crippen LogP contribution in [-0.4, -0.2) is 29.7 Å². The van der Waals surface area contributed by atoms with Gasteiger partial charge in [0.2, 0.25) is 12.7 Å². The van der Waals surface area contributed by atoms with E-state index < -0.39 is 17.1 Å². The van der Waals surface area contributed by atoms with Gasteiger partial charge in [0.05, 0.1) is 11.1 Å². The molecular weight excluding hydrogens is 504 g/mol. The van der Waals surface area contributed by atoms with E-state index >= 15 is 0 Å². The number of hydrogen-bond donors (Lipinski definition) is 3. The highest BCUT2D eigenvalue weighted by Gasteiger charge is 2.23. The molecule has 0 saturated carbocycles. The number of carbonyl (C=O) groups excluding carboxylic acids is 2. The largest absolute Gasteiger partial charge is 0.478 e. The number of carboxylic acid groups (broad SMARTS) is 1. The van der Waals surface area contributed by atoms with Crippen LogP contribution in [0.15, 0.2) is 102 Å². The van der Waals surface area contributed by atoms with Crippen LogP contribution in [0.4, 0.5) is 11.4 Å². The van der Waals surface area contributed by atoms with Gasteiger partial charge < -0.3 is 25.2 Å². The van der Waals surface area contributed by atoms with Crippen LogP contribution in [0.5, 0.6) is 11.5 Å². The molecular formula is C29H22N2O6S. The topological polar surface area (TPSA) is 114 Å². The molecule has 5 rings (SSSR count). The molecule has 9 heteroatoms. The molecule has 4 aromatic carbocycles. The fourth-order valence-electron chi connectivity index (χ4n) is 3.90. The maximum atomic E-state index is 13.4. The first-order valence-corrected chi connectivity index (χ1v) is 12.5. The van der Waals surface area contributed by atoms with Gasteiger partial charge in [-0.1, -0.05) is 42.5 Å². The standard InChI is InChI=1S/C29H22N2O6S/c32-27(22-8-4-5-9-23(22)29(34)35)30-19-10-13-21(14-11-19)38-26(18-6-2-1-3-7-18)28(33)31-20-12-15-24-25(16-20)37-17-36-24/h1-16,26H,17H2,(H,30,32)(H,31,33)(H,34,35). The Morgan fingerprint density at radius 3 is 2.13 bits per heavy atom. The zero-order valence-corrected chi connectivity index (χ0v) is 20.7. The molecule has 190 valence electrons. The Morgan fingerprint density at radius 1 is 0.737 bits per heavy atom. The lowest BCUT2D eigenvalue weighted by Crippen LogP contribution is -2.19. The third-order valence-corrected chi connectivity index (χ3v) is 7.02. The molecule has 2 amide bonds. The van der Waals surface area contributed by atoms with Crippen LogP contribution in [0, 0.1) is 0 Å². The van der Waals surface area contributed by atoms with Crippen LogP contribution in [0.2, 0.25) is 0 Å². The fraction of sp³-hybridized carbons (Fsp3) is 0.0690. The molecule has 3 N–H and O–H groups in total. The second-order valence-electron chi connectivity index (χ2n) is 8.30. The van der Waals surface area contributed by atoms with Gasteiger partial charge in [0, 0.05) is 22.3 Å². The van der Waals surface area contributed by atoms with Crippen LogP contribution in [0.25, 0.3) is 0 Å². The number of aromatic carboxylic acids is 1. The molecule has 0 aromatic heterocycles. The van der Waals surface area contributed by atoms with Crippen molar-refractivity contribution in [1.82, 2.24) is 0 Å². The predicted octanol–water partition coefficient (Wildman–Crippen LogP) is 5.84. The normalized spacial score (nSPS) is 12.4. The Bertz CT molecular complexity index is 1490. The Balaban J connectivity index is 1.31. The number of carboxylic acids is 1. The maximum Gasteiger partial charge on any atom is 0.336 e. The summed E-state index contributed by atoms with van der Waals surface area (Å²) in [5, 5.41) is 14.5. The van der Waals surface area contributed by atoms with Crippen molar-refractivity contribution in [1.29, 1.82) is 0 Å². The van der Waals surface area contributed by atoms with Crippen molar-refractivity contribution in [3.8, 4) is 11.5 Å². The number of amides is 2. The fourth-order valence-corrected chi connectivity index (χ4v) is 4.93. The van der Waals surface area contributed by atoms with E-state index in [0.717, 1.165) is 10.5 Å². The number of carbonyl (C=O) groups is 3. The van der Waals surface area contributed by atoms with Gasteiger partial charge in [0.15, 0.2) is 11.5 Å². The summed E-state index contributed by atoms with van der Waals surface area (Å²) in [6.07, 6.45) is 0. The van der Waals surface area contributed by atoms with E-state index in [4.69, 9.17) is 9.47 Å². The number of nitrogens with one attached hydrogen (secondary N) is 2. The third kappa shape index (κ3) is 5.63. The molecule has 1 heterocycles. The molecule has 0 aliphatic carbocycles. The van der Waals surface area contributed by atoms with E-state index in [2.05, 4.69) is 10.6 Å². The summed E-state index contributed by atoms with van der Waals surface area (Å²) in [5.74, 6) is -0.684. The first-order chi connectivity index (χ1) is 18.5. The van der Waals surface area contributed by atoms with Gasteiger partial charge >= 0.3 is 5.97 Å². The van der Waals surface area contributed by atoms with E-state index in [0.29, 0.717) is 22.9 Å². The van der Waals surface area contributed by atoms with Crippen LogP contribution in [-0.2, 0) is 4.79 Å². The number of thioether (sulfide) groups is 1. The lowest BCUT2D eigenvalue weighted by atomic mass is 10.1. The first kappa shape index (κ1) is 24.9. The SMILES string of the molecule is O=C(O)c1ccccc1C(=O)Nc1ccc(SC(C(=O)Nc2ccc3c(c2)OCO3)c2ccccc2)cc1. The highest BCUT2D eigenvalue weighted by atomic mass is 32.2. The van der Waals surface area contributed by atoms with E-state index in [9.17, 15) is 19.5 Å². The molecule has 1 unspecified atom stereocenters. The van der Waals surface area contributed by atoms with Gasteiger partial charge in [-0.05, 0) is 54.1 Å². The summed E-state index contributed by atoms with van der Waals surface area (Å²) in [4.78, 5) is 38.3. The molecule has 1 aliphatic rings. The van der Waals surface area contributed by atoms with Crippen LogP contribution < -0.4 is 20.1 Å². The minimum atomic E-state index is -1.17. The third-order valence-electron chi connectivity index (χ3n) is 5.75. The van der Waals surface area contributed by atoms with Crippen molar-refractivity contribution < 1.29 is 29.0 Å². The zero-order chi connectivity index (χ0) is 26.5. The van der Waals surface area contributed by atoms with E-state index in [1.807, 2.05) is 30.3 Å². The molecule has 1 aliphatic heterocycles. The summed E-state index contributed by atoms with van der Waals surface area (Å²) >= 11 is 1.37. The first-order valence-electron chi connectivity index (χ1n) is 11.6. The van der Waals surface area contributed by atoms with Crippen molar-refractivity contribution in [2.24, 2.45) is 0 Å². The van der Waals surface area contributed by atoms with Gasteiger partial charge in [0.25, 0.3) is 5.91 Å². The van der Waals surface area contributed by atoms with Gasteiger partial charge in [0.1, 0.15) is 5.25 Å². The molecule has 0 fully saturated rings. The van der Waals surface area contributed by atoms with Crippen molar-refractivity contribution in [2.75, 3.05) is 17.4 Å².